The Morgan fingerprint density at radius 2 is 1.16 bits per heavy atom. The van der Waals surface area contributed by atoms with Crippen molar-refractivity contribution in [2.45, 2.75) is 56.2 Å². The predicted octanol–water partition coefficient (Wildman–Crippen LogP) is 6.94. The van der Waals surface area contributed by atoms with Crippen molar-refractivity contribution in [2.75, 3.05) is 56.2 Å². The monoisotopic (exact) mass is 888 g/mol. The first-order valence-electron chi connectivity index (χ1n) is 19.5. The molecule has 0 aliphatic carbocycles. The fourth-order valence-electron chi connectivity index (χ4n) is 6.04. The lowest BCUT2D eigenvalue weighted by Gasteiger charge is -2.30. The van der Waals surface area contributed by atoms with E-state index in [1.165, 1.54) is 52.6 Å². The van der Waals surface area contributed by atoms with Crippen LogP contribution in [0.15, 0.2) is 119 Å². The third-order valence-corrected chi connectivity index (χ3v) is 13.7. The number of methoxy groups -OCH3 is 2. The number of anilines is 4. The van der Waals surface area contributed by atoms with Gasteiger partial charge in [0.2, 0.25) is 0 Å². The molecule has 0 aromatic heterocycles. The molecule has 4 aromatic rings. The van der Waals surface area contributed by atoms with Crippen molar-refractivity contribution in [3.8, 4) is 11.5 Å². The third-order valence-electron chi connectivity index (χ3n) is 10.0. The minimum Gasteiger partial charge on any atom is -0.495 e. The summed E-state index contributed by atoms with van der Waals surface area (Å²) in [4.78, 5) is 38.1. The van der Waals surface area contributed by atoms with Crippen LogP contribution in [0.3, 0.4) is 0 Å². The van der Waals surface area contributed by atoms with Crippen LogP contribution in [-0.4, -0.2) is 78.2 Å². The van der Waals surface area contributed by atoms with E-state index in [9.17, 15) is 31.2 Å². The van der Waals surface area contributed by atoms with Crippen molar-refractivity contribution < 1.29 is 45.4 Å². The molecule has 16 nitrogen and oxygen atoms in total. The molecule has 2 amide bonds. The number of para-hydroxylation sites is 2. The molecule has 6 rings (SSSR count). The zero-order chi connectivity index (χ0) is 45.6. The van der Waals surface area contributed by atoms with E-state index in [2.05, 4.69) is 42.0 Å². The first kappa shape index (κ1) is 46.5. The van der Waals surface area contributed by atoms with E-state index < -0.39 is 37.8 Å². The smallest absolute Gasteiger partial charge is 0.338 e. The molecule has 4 aromatic carbocycles. The average Bonchev–Trinajstić information content (AvgIpc) is 3.23. The highest BCUT2D eigenvalue weighted by Crippen LogP contribution is 2.35. The minimum atomic E-state index is -3.80. The van der Waals surface area contributed by atoms with Gasteiger partial charge in [0.25, 0.3) is 31.9 Å². The van der Waals surface area contributed by atoms with Crippen molar-refractivity contribution in [3.63, 3.8) is 0 Å². The van der Waals surface area contributed by atoms with Crippen LogP contribution in [0, 0.1) is 5.92 Å². The Bertz CT molecular complexity index is 2640. The van der Waals surface area contributed by atoms with Crippen LogP contribution < -0.4 is 30.7 Å². The van der Waals surface area contributed by atoms with Gasteiger partial charge in [-0.05, 0) is 71.5 Å². The maximum absolute atomic E-state index is 12.7. The van der Waals surface area contributed by atoms with Crippen molar-refractivity contribution >= 4 is 60.6 Å². The van der Waals surface area contributed by atoms with Gasteiger partial charge in [-0.15, -0.1) is 0 Å². The molecule has 1 unspecified atom stereocenters. The molecular weight excluding hydrogens is 837 g/mol. The normalized spacial score (nSPS) is 16.5. The lowest BCUT2D eigenvalue weighted by Crippen LogP contribution is -2.35. The fraction of sp³-hybridized carbons (Fsp3) is 0.295. The van der Waals surface area contributed by atoms with Gasteiger partial charge in [-0.1, -0.05) is 71.4 Å². The van der Waals surface area contributed by atoms with E-state index in [4.69, 9.17) is 14.2 Å². The van der Waals surface area contributed by atoms with Crippen molar-refractivity contribution in [3.05, 3.63) is 120 Å². The summed E-state index contributed by atoms with van der Waals surface area (Å²) in [6.07, 6.45) is 3.23. The molecule has 0 bridgehead atoms. The molecular formula is C44H52N6O10S2. The summed E-state index contributed by atoms with van der Waals surface area (Å²) in [6, 6.07) is 23.1. The number of nitrogens with zero attached hydrogens (tertiary/aromatic N) is 2. The molecule has 0 radical (unpaired) electrons. The zero-order valence-corrected chi connectivity index (χ0v) is 37.7. The van der Waals surface area contributed by atoms with Crippen molar-refractivity contribution in [2.24, 2.45) is 5.92 Å². The highest BCUT2D eigenvalue weighted by atomic mass is 32.2. The van der Waals surface area contributed by atoms with Crippen LogP contribution in [0.1, 0.15) is 57.0 Å². The Hall–Kier alpha value is -6.53. The summed E-state index contributed by atoms with van der Waals surface area (Å²) < 4.78 is 68.9. The average molecular weight is 889 g/mol. The van der Waals surface area contributed by atoms with Gasteiger partial charge in [-0.3, -0.25) is 18.2 Å². The number of sulfonamides is 2. The number of carbonyl (C=O) groups excluding carboxylic acids is 3. The first-order valence-corrected chi connectivity index (χ1v) is 22.4. The maximum atomic E-state index is 12.7. The quantitative estimate of drug-likeness (QED) is 0.0946. The van der Waals surface area contributed by atoms with Crippen LogP contribution in [-0.2, 0) is 39.8 Å². The van der Waals surface area contributed by atoms with Gasteiger partial charge in [-0.2, -0.15) is 0 Å². The number of hydrogen-bond donors (Lipinski definition) is 4. The summed E-state index contributed by atoms with van der Waals surface area (Å²) >= 11 is 0. The third kappa shape index (κ3) is 10.5. The summed E-state index contributed by atoms with van der Waals surface area (Å²) in [5, 5.41) is 11.4. The second kappa shape index (κ2) is 19.0. The second-order valence-electron chi connectivity index (χ2n) is 15.4. The molecule has 4 N–H and O–H groups in total. The molecule has 2 aliphatic rings. The van der Waals surface area contributed by atoms with Crippen LogP contribution in [0.5, 0.6) is 11.5 Å². The van der Waals surface area contributed by atoms with Crippen LogP contribution >= 0.6 is 0 Å². The number of nitrogens with one attached hydrogen (secondary N) is 4. The van der Waals surface area contributed by atoms with Crippen molar-refractivity contribution in [1.82, 2.24) is 8.61 Å². The Kier molecular flexibility index (Phi) is 14.3. The highest BCUT2D eigenvalue weighted by molar-refractivity contribution is 7.89. The lowest BCUT2D eigenvalue weighted by atomic mass is 9.87. The topological polar surface area (TPSA) is 202 Å². The molecule has 330 valence electrons. The van der Waals surface area contributed by atoms with Crippen LogP contribution in [0.2, 0.25) is 0 Å². The molecule has 0 saturated carbocycles. The number of ether oxygens (including phenoxy) is 3. The Labute approximate surface area is 363 Å². The molecule has 62 heavy (non-hydrogen) atoms. The first-order chi connectivity index (χ1) is 29.2. The summed E-state index contributed by atoms with van der Waals surface area (Å²) in [7, 11) is -1.81. The van der Waals surface area contributed by atoms with E-state index in [0.29, 0.717) is 35.2 Å². The van der Waals surface area contributed by atoms with E-state index in [1.807, 2.05) is 26.0 Å². The van der Waals surface area contributed by atoms with Gasteiger partial charge in [0, 0.05) is 26.2 Å². The second-order valence-corrected chi connectivity index (χ2v) is 19.3. The lowest BCUT2D eigenvalue weighted by molar-refractivity contribution is -0.112. The fourth-order valence-corrected chi connectivity index (χ4v) is 8.64. The number of amides is 2. The number of hydrogen-bond acceptors (Lipinski definition) is 12. The highest BCUT2D eigenvalue weighted by Gasteiger charge is 2.33. The van der Waals surface area contributed by atoms with Gasteiger partial charge in [0.15, 0.2) is 0 Å². The molecule has 0 fully saturated rings. The van der Waals surface area contributed by atoms with E-state index in [0.717, 1.165) is 26.7 Å². The summed E-state index contributed by atoms with van der Waals surface area (Å²) in [6.45, 7) is 10.5. The number of benzene rings is 4. The van der Waals surface area contributed by atoms with Gasteiger partial charge in [0.1, 0.15) is 32.9 Å². The summed E-state index contributed by atoms with van der Waals surface area (Å²) in [5.74, 6) is -0.263. The molecule has 0 spiro atoms. The number of carbonyl (C=O) groups is 3. The molecule has 2 heterocycles. The van der Waals surface area contributed by atoms with E-state index >= 15 is 0 Å². The van der Waals surface area contributed by atoms with Gasteiger partial charge >= 0.3 is 5.97 Å². The Morgan fingerprint density at radius 3 is 1.61 bits per heavy atom. The molecule has 2 aliphatic heterocycles. The Balaban J connectivity index is 0.000000236. The maximum Gasteiger partial charge on any atom is 0.338 e. The summed E-state index contributed by atoms with van der Waals surface area (Å²) in [5.41, 5.74) is 2.75. The van der Waals surface area contributed by atoms with Crippen LogP contribution in [0.25, 0.3) is 0 Å². The van der Waals surface area contributed by atoms with Crippen molar-refractivity contribution in [1.29, 1.82) is 0 Å². The van der Waals surface area contributed by atoms with E-state index in [-0.39, 0.29) is 44.0 Å². The molecule has 18 heteroatoms. The predicted molar refractivity (Wildman–Crippen MR) is 238 cm³/mol. The largest absolute Gasteiger partial charge is 0.495 e. The minimum absolute atomic E-state index is 0.0780. The zero-order valence-electron chi connectivity index (χ0n) is 36.0. The number of esters is 1. The number of rotatable bonds is 10. The van der Waals surface area contributed by atoms with E-state index in [1.54, 1.807) is 54.6 Å². The molecule has 0 saturated heterocycles. The molecule has 1 atom stereocenters. The number of fused-ring (bicyclic) bond motifs is 2. The van der Waals surface area contributed by atoms with Crippen LogP contribution in [0.4, 0.5) is 22.7 Å². The standard InChI is InChI=1S/C23H27N3O6S.C21H25N3O4S/c1-5-15(2)14-32-23(28)16-10-11-19(31-4)18(12-16)25-22(27)13-21-24-17-8-6-7-9-20(17)33(29,30)26(21)3;1-21(2,3)14-10-11-17(28-5)16(12-14)23-20(25)13-19-22-15-8-6-7-9-18(15)29(26,27)24(19)4/h6-13,15,24H,5,14H2,1-4H3,(H,25,27);6-13,22H,1-5H3,(H,23,25)/b21-13-;19-13-. The van der Waals surface area contributed by atoms with Gasteiger partial charge in [0.05, 0.1) is 49.1 Å². The SMILES string of the molecule is CCC(C)COC(=O)c1ccc(OC)c(NC(=O)/C=C2/Nc3ccccc3S(=O)(=O)N2C)c1.COc1ccc(C(C)(C)C)cc1NC(=O)/C=C1/Nc2ccccc2S(=O)(=O)N1C. The van der Waals surface area contributed by atoms with Gasteiger partial charge in [-0.25, -0.2) is 21.6 Å². The van der Waals surface area contributed by atoms with Gasteiger partial charge < -0.3 is 35.5 Å². The Morgan fingerprint density at radius 1 is 0.710 bits per heavy atom.